The monoisotopic (exact) mass is 394 g/mol. The van der Waals surface area contributed by atoms with Crippen molar-refractivity contribution >= 4 is 11.9 Å². The Balaban J connectivity index is -0.000000378. The second-order valence-corrected chi connectivity index (χ2v) is 5.61. The minimum Gasteiger partial charge on any atom is -0.459 e. The molecule has 0 aliphatic rings. The van der Waals surface area contributed by atoms with Gasteiger partial charge in [0.25, 0.3) is 0 Å². The van der Waals surface area contributed by atoms with E-state index in [9.17, 15) is 9.59 Å². The third-order valence-electron chi connectivity index (χ3n) is 3.10. The van der Waals surface area contributed by atoms with Crippen molar-refractivity contribution in [2.75, 3.05) is 46.2 Å². The first-order valence-corrected chi connectivity index (χ1v) is 8.30. The minimum absolute atomic E-state index is 0.0325. The van der Waals surface area contributed by atoms with Gasteiger partial charge in [0.05, 0.1) is 33.0 Å². The van der Waals surface area contributed by atoms with Crippen molar-refractivity contribution in [3.63, 3.8) is 0 Å². The number of rotatable bonds is 10. The van der Waals surface area contributed by atoms with Crippen LogP contribution in [0.4, 0.5) is 0 Å². The Kier molecular flexibility index (Phi) is 21.1. The zero-order chi connectivity index (χ0) is 21.9. The molecule has 9 heteroatoms. The molecule has 0 aromatic heterocycles. The third-order valence-corrected chi connectivity index (χ3v) is 3.10. The van der Waals surface area contributed by atoms with Gasteiger partial charge in [-0.2, -0.15) is 0 Å². The first kappa shape index (κ1) is 30.0. The highest BCUT2D eigenvalue weighted by Crippen LogP contribution is 2.18. The maximum Gasteiger partial charge on any atom is 0.333 e. The quantitative estimate of drug-likeness (QED) is 0.188. The average Bonchev–Trinajstić information content (AvgIpc) is 2.67. The van der Waals surface area contributed by atoms with E-state index in [1.165, 1.54) is 0 Å². The second-order valence-electron chi connectivity index (χ2n) is 5.61. The van der Waals surface area contributed by atoms with E-state index >= 15 is 0 Å². The van der Waals surface area contributed by atoms with Crippen LogP contribution >= 0.6 is 0 Å². The van der Waals surface area contributed by atoms with E-state index < -0.39 is 17.4 Å². The molecule has 9 nitrogen and oxygen atoms in total. The molecule has 0 rings (SSSR count). The molecule has 0 aromatic carbocycles. The zero-order valence-electron chi connectivity index (χ0n) is 16.4. The summed E-state index contributed by atoms with van der Waals surface area (Å²) < 4.78 is 9.38. The molecule has 0 aliphatic carbocycles. The molecule has 0 aromatic rings. The van der Waals surface area contributed by atoms with Gasteiger partial charge in [-0.3, -0.25) is 0 Å². The van der Waals surface area contributed by atoms with Crippen molar-refractivity contribution in [3.05, 3.63) is 24.3 Å². The van der Waals surface area contributed by atoms with Gasteiger partial charge in [-0.1, -0.05) is 20.1 Å². The predicted octanol–water partition coefficient (Wildman–Crippen LogP) is -0.444. The summed E-state index contributed by atoms with van der Waals surface area (Å²) in [6, 6.07) is 0. The van der Waals surface area contributed by atoms with Crippen LogP contribution in [0.2, 0.25) is 0 Å². The Morgan fingerprint density at radius 2 is 1.07 bits per heavy atom. The number of carbonyl (C=O) groups is 2. The van der Waals surface area contributed by atoms with Gasteiger partial charge in [0.2, 0.25) is 0 Å². The largest absolute Gasteiger partial charge is 0.459 e. The van der Waals surface area contributed by atoms with E-state index in [2.05, 4.69) is 22.6 Å². The lowest BCUT2D eigenvalue weighted by Crippen LogP contribution is -2.32. The van der Waals surface area contributed by atoms with Crippen LogP contribution in [0.5, 0.6) is 0 Å². The van der Waals surface area contributed by atoms with Crippen LogP contribution < -0.4 is 0 Å². The molecule has 0 unspecified atom stereocenters. The predicted molar refractivity (Wildman–Crippen MR) is 99.7 cm³/mol. The molecule has 0 radical (unpaired) electrons. The van der Waals surface area contributed by atoms with E-state index in [1.807, 2.05) is 6.92 Å². The molecule has 0 saturated carbocycles. The van der Waals surface area contributed by atoms with Crippen LogP contribution in [0.15, 0.2) is 24.3 Å². The maximum absolute atomic E-state index is 10.8. The fourth-order valence-corrected chi connectivity index (χ4v) is 1.00. The summed E-state index contributed by atoms with van der Waals surface area (Å²) >= 11 is 0. The van der Waals surface area contributed by atoms with Crippen molar-refractivity contribution in [1.82, 2.24) is 0 Å². The van der Waals surface area contributed by atoms with Crippen LogP contribution in [0, 0.1) is 5.41 Å². The van der Waals surface area contributed by atoms with Crippen LogP contribution in [0.1, 0.15) is 27.2 Å². The number of esters is 2. The topological polar surface area (TPSA) is 154 Å². The second kappa shape index (κ2) is 19.0. The SMILES string of the molecule is C=C(C)C(=O)OCCOC(=O)C(=C)C.CCC(CO)(CO)CO.OCCO. The van der Waals surface area contributed by atoms with E-state index in [1.54, 1.807) is 13.8 Å². The number of aliphatic hydroxyl groups excluding tert-OH is 5. The molecule has 5 N–H and O–H groups in total. The van der Waals surface area contributed by atoms with Crippen molar-refractivity contribution < 1.29 is 44.6 Å². The van der Waals surface area contributed by atoms with E-state index in [0.29, 0.717) is 17.6 Å². The Hall–Kier alpha value is -1.78. The number of hydrogen-bond donors (Lipinski definition) is 5. The Morgan fingerprint density at radius 3 is 1.19 bits per heavy atom. The summed E-state index contributed by atoms with van der Waals surface area (Å²) in [5.74, 6) is -0.979. The molecule has 0 saturated heterocycles. The van der Waals surface area contributed by atoms with Crippen molar-refractivity contribution in [3.8, 4) is 0 Å². The van der Waals surface area contributed by atoms with Crippen LogP contribution in [-0.2, 0) is 19.1 Å². The molecule has 0 spiro atoms. The van der Waals surface area contributed by atoms with Crippen LogP contribution in [0.25, 0.3) is 0 Å². The normalized spacial score (nSPS) is 9.78. The molecule has 0 fully saturated rings. The molecule has 27 heavy (non-hydrogen) atoms. The zero-order valence-corrected chi connectivity index (χ0v) is 16.4. The van der Waals surface area contributed by atoms with E-state index in [4.69, 9.17) is 25.5 Å². The number of hydrogen-bond acceptors (Lipinski definition) is 9. The van der Waals surface area contributed by atoms with E-state index in [0.717, 1.165) is 0 Å². The summed E-state index contributed by atoms with van der Waals surface area (Å²) in [7, 11) is 0. The minimum atomic E-state index is -0.667. The number of carbonyl (C=O) groups excluding carboxylic acids is 2. The number of aliphatic hydroxyl groups is 5. The molecule has 160 valence electrons. The van der Waals surface area contributed by atoms with Gasteiger partial charge in [-0.05, 0) is 20.3 Å². The smallest absolute Gasteiger partial charge is 0.333 e. The first-order valence-electron chi connectivity index (χ1n) is 8.30. The highest BCUT2D eigenvalue weighted by atomic mass is 16.6. The van der Waals surface area contributed by atoms with Gasteiger partial charge >= 0.3 is 11.9 Å². The Bertz CT molecular complexity index is 381. The summed E-state index contributed by atoms with van der Waals surface area (Å²) in [5, 5.41) is 41.2. The van der Waals surface area contributed by atoms with Crippen molar-refractivity contribution in [1.29, 1.82) is 0 Å². The van der Waals surface area contributed by atoms with Crippen LogP contribution in [-0.4, -0.2) is 83.7 Å². The highest BCUT2D eigenvalue weighted by Gasteiger charge is 2.24. The lowest BCUT2D eigenvalue weighted by atomic mass is 9.88. The standard InChI is InChI=1S/C10H14O4.C6H14O3.C2H6O2/c1-7(2)9(11)13-5-6-14-10(12)8(3)4;1-2-6(3-7,4-8)5-9;3-1-2-4/h1,3,5-6H2,2,4H3;7-9H,2-5H2,1H3;3-4H,1-2H2. The van der Waals surface area contributed by atoms with Crippen molar-refractivity contribution in [2.24, 2.45) is 5.41 Å². The van der Waals surface area contributed by atoms with Gasteiger partial charge in [0, 0.05) is 16.6 Å². The van der Waals surface area contributed by atoms with Gasteiger partial charge in [0.15, 0.2) is 0 Å². The third kappa shape index (κ3) is 17.4. The lowest BCUT2D eigenvalue weighted by Gasteiger charge is -2.24. The summed E-state index contributed by atoms with van der Waals surface area (Å²) in [5.41, 5.74) is -0.0348. The van der Waals surface area contributed by atoms with Crippen molar-refractivity contribution in [2.45, 2.75) is 27.2 Å². The lowest BCUT2D eigenvalue weighted by molar-refractivity contribution is -0.147. The highest BCUT2D eigenvalue weighted by molar-refractivity contribution is 5.87. The van der Waals surface area contributed by atoms with E-state index in [-0.39, 0.29) is 46.2 Å². The van der Waals surface area contributed by atoms with Gasteiger partial charge in [-0.25, -0.2) is 9.59 Å². The first-order chi connectivity index (χ1) is 12.6. The molecule has 0 aliphatic heterocycles. The fraction of sp³-hybridized carbons (Fsp3) is 0.667. The molecule has 0 amide bonds. The molecular formula is C18H34O9. The summed E-state index contributed by atoms with van der Waals surface area (Å²) in [4.78, 5) is 21.7. The summed E-state index contributed by atoms with van der Waals surface area (Å²) in [6.07, 6.45) is 0.594. The van der Waals surface area contributed by atoms with Crippen LogP contribution in [0.3, 0.4) is 0 Å². The molecule has 0 atom stereocenters. The number of ether oxygens (including phenoxy) is 2. The van der Waals surface area contributed by atoms with Gasteiger partial charge in [0.1, 0.15) is 13.2 Å². The summed E-state index contributed by atoms with van der Waals surface area (Å²) in [6.45, 7) is 11.1. The Morgan fingerprint density at radius 1 is 0.778 bits per heavy atom. The Labute approximate surface area is 160 Å². The fourth-order valence-electron chi connectivity index (χ4n) is 1.00. The molecule has 0 heterocycles. The molecule has 0 bridgehead atoms. The maximum atomic E-state index is 10.8. The van der Waals surface area contributed by atoms with Gasteiger partial charge in [-0.15, -0.1) is 0 Å². The average molecular weight is 394 g/mol. The molecular weight excluding hydrogens is 360 g/mol. The van der Waals surface area contributed by atoms with Gasteiger partial charge < -0.3 is 35.0 Å².